The van der Waals surface area contributed by atoms with Gasteiger partial charge in [0.25, 0.3) is 0 Å². The Labute approximate surface area is 126 Å². The zero-order chi connectivity index (χ0) is 15.5. The van der Waals surface area contributed by atoms with Gasteiger partial charge in [0.2, 0.25) is 0 Å². The predicted molar refractivity (Wildman–Crippen MR) is 80.0 cm³/mol. The molecule has 0 aromatic carbocycles. The summed E-state index contributed by atoms with van der Waals surface area (Å²) in [5.41, 5.74) is -1.08. The second-order valence-electron chi connectivity index (χ2n) is 7.31. The van der Waals surface area contributed by atoms with Crippen LogP contribution in [0.4, 0.5) is 0 Å². The molecular formula is C16H29NO4. The Balaban J connectivity index is 1.85. The second kappa shape index (κ2) is 6.63. The van der Waals surface area contributed by atoms with E-state index in [1.807, 2.05) is 0 Å². The predicted octanol–water partition coefficient (Wildman–Crippen LogP) is 1.52. The largest absolute Gasteiger partial charge is 0.481 e. The summed E-state index contributed by atoms with van der Waals surface area (Å²) in [7, 11) is 0. The van der Waals surface area contributed by atoms with E-state index in [2.05, 4.69) is 12.2 Å². The number of β-amino-alcohol motifs (C(OH)–C–C–N with tert-alkyl or cyclic N) is 1. The van der Waals surface area contributed by atoms with Gasteiger partial charge in [-0.2, -0.15) is 0 Å². The summed E-state index contributed by atoms with van der Waals surface area (Å²) >= 11 is 0. The molecular weight excluding hydrogens is 270 g/mol. The lowest BCUT2D eigenvalue weighted by Crippen LogP contribution is -2.56. The van der Waals surface area contributed by atoms with E-state index in [4.69, 9.17) is 5.11 Å². The van der Waals surface area contributed by atoms with Gasteiger partial charge in [-0.15, -0.1) is 0 Å². The highest BCUT2D eigenvalue weighted by atomic mass is 16.4. The molecule has 0 saturated heterocycles. The number of aliphatic hydroxyl groups excluding tert-OH is 1. The van der Waals surface area contributed by atoms with E-state index in [-0.39, 0.29) is 18.1 Å². The lowest BCUT2D eigenvalue weighted by atomic mass is 9.75. The van der Waals surface area contributed by atoms with Crippen molar-refractivity contribution in [3.05, 3.63) is 0 Å². The summed E-state index contributed by atoms with van der Waals surface area (Å²) in [6.45, 7) is 2.80. The first kappa shape index (κ1) is 16.7. The van der Waals surface area contributed by atoms with Crippen molar-refractivity contribution in [1.82, 2.24) is 5.32 Å². The highest BCUT2D eigenvalue weighted by molar-refractivity contribution is 5.70. The SMILES string of the molecule is CC1CCC(CO)(NCC2(O)CCC(C(=O)O)CC2)CC1. The summed E-state index contributed by atoms with van der Waals surface area (Å²) in [4.78, 5) is 11.0. The molecule has 5 heteroatoms. The summed E-state index contributed by atoms with van der Waals surface area (Å²) in [6.07, 6.45) is 6.22. The minimum absolute atomic E-state index is 0.105. The van der Waals surface area contributed by atoms with Crippen LogP contribution in [0.5, 0.6) is 0 Å². The molecule has 0 heterocycles. The number of aliphatic hydroxyl groups is 2. The Bertz CT molecular complexity index is 355. The molecule has 2 rings (SSSR count). The van der Waals surface area contributed by atoms with Crippen molar-refractivity contribution in [1.29, 1.82) is 0 Å². The molecule has 2 aliphatic carbocycles. The van der Waals surface area contributed by atoms with Gasteiger partial charge in [0.15, 0.2) is 0 Å². The molecule has 0 atom stereocenters. The fourth-order valence-electron chi connectivity index (χ4n) is 3.64. The number of rotatable bonds is 5. The number of nitrogens with one attached hydrogen (secondary N) is 1. The van der Waals surface area contributed by atoms with Crippen LogP contribution >= 0.6 is 0 Å². The molecule has 0 unspecified atom stereocenters. The number of carbonyl (C=O) groups is 1. The Morgan fingerprint density at radius 2 is 1.71 bits per heavy atom. The highest BCUT2D eigenvalue weighted by Gasteiger charge is 2.39. The third-order valence-corrected chi connectivity index (χ3v) is 5.59. The molecule has 0 radical (unpaired) electrons. The molecule has 21 heavy (non-hydrogen) atoms. The van der Waals surface area contributed by atoms with E-state index in [1.165, 1.54) is 0 Å². The molecule has 2 aliphatic rings. The third kappa shape index (κ3) is 4.18. The lowest BCUT2D eigenvalue weighted by molar-refractivity contribution is -0.144. The van der Waals surface area contributed by atoms with Crippen LogP contribution in [0.25, 0.3) is 0 Å². The Morgan fingerprint density at radius 3 is 2.19 bits per heavy atom. The maximum atomic E-state index is 11.0. The van der Waals surface area contributed by atoms with Crippen LogP contribution in [-0.4, -0.2) is 45.6 Å². The Hall–Kier alpha value is -0.650. The van der Waals surface area contributed by atoms with Crippen molar-refractivity contribution < 1.29 is 20.1 Å². The van der Waals surface area contributed by atoms with Gasteiger partial charge >= 0.3 is 5.97 Å². The van der Waals surface area contributed by atoms with Gasteiger partial charge < -0.3 is 20.6 Å². The Morgan fingerprint density at radius 1 is 1.14 bits per heavy atom. The molecule has 122 valence electrons. The average Bonchev–Trinajstić information content (AvgIpc) is 2.48. The number of carboxylic acids is 1. The number of hydrogen-bond acceptors (Lipinski definition) is 4. The van der Waals surface area contributed by atoms with Gasteiger partial charge in [-0.05, 0) is 57.3 Å². The van der Waals surface area contributed by atoms with E-state index >= 15 is 0 Å². The average molecular weight is 299 g/mol. The molecule has 0 aromatic rings. The van der Waals surface area contributed by atoms with Crippen LogP contribution in [0.3, 0.4) is 0 Å². The lowest BCUT2D eigenvalue weighted by Gasteiger charge is -2.43. The smallest absolute Gasteiger partial charge is 0.306 e. The molecule has 4 N–H and O–H groups in total. The number of aliphatic carboxylic acids is 1. The summed E-state index contributed by atoms with van der Waals surface area (Å²) < 4.78 is 0. The van der Waals surface area contributed by atoms with Crippen LogP contribution in [0.15, 0.2) is 0 Å². The molecule has 0 aliphatic heterocycles. The minimum atomic E-state index is -0.822. The summed E-state index contributed by atoms with van der Waals surface area (Å²) in [5, 5.41) is 32.8. The zero-order valence-corrected chi connectivity index (χ0v) is 13.0. The first-order valence-electron chi connectivity index (χ1n) is 8.19. The normalized spacial score (nSPS) is 40.9. The van der Waals surface area contributed by atoms with Crippen molar-refractivity contribution in [2.24, 2.45) is 11.8 Å². The minimum Gasteiger partial charge on any atom is -0.481 e. The first-order chi connectivity index (χ1) is 9.88. The van der Waals surface area contributed by atoms with Crippen LogP contribution in [0.2, 0.25) is 0 Å². The molecule has 0 amide bonds. The van der Waals surface area contributed by atoms with Gasteiger partial charge in [0, 0.05) is 12.1 Å². The maximum absolute atomic E-state index is 11.0. The van der Waals surface area contributed by atoms with Crippen LogP contribution in [0.1, 0.15) is 58.3 Å². The van der Waals surface area contributed by atoms with Gasteiger partial charge in [-0.3, -0.25) is 4.79 Å². The molecule has 0 aromatic heterocycles. The zero-order valence-electron chi connectivity index (χ0n) is 13.0. The summed E-state index contributed by atoms with van der Waals surface area (Å²) in [5.74, 6) is -0.355. The first-order valence-corrected chi connectivity index (χ1v) is 8.19. The fraction of sp³-hybridized carbons (Fsp3) is 0.938. The van der Waals surface area contributed by atoms with Crippen LogP contribution in [-0.2, 0) is 4.79 Å². The van der Waals surface area contributed by atoms with E-state index in [1.54, 1.807) is 0 Å². The molecule has 0 bridgehead atoms. The van der Waals surface area contributed by atoms with E-state index < -0.39 is 11.6 Å². The molecule has 2 saturated carbocycles. The maximum Gasteiger partial charge on any atom is 0.306 e. The fourth-order valence-corrected chi connectivity index (χ4v) is 3.64. The molecule has 2 fully saturated rings. The Kier molecular flexibility index (Phi) is 5.28. The second-order valence-corrected chi connectivity index (χ2v) is 7.31. The van der Waals surface area contributed by atoms with E-state index in [0.29, 0.717) is 38.1 Å². The summed E-state index contributed by atoms with van der Waals surface area (Å²) in [6, 6.07) is 0. The van der Waals surface area contributed by atoms with Crippen LogP contribution in [0, 0.1) is 11.8 Å². The van der Waals surface area contributed by atoms with Crippen molar-refractivity contribution >= 4 is 5.97 Å². The van der Waals surface area contributed by atoms with Crippen molar-refractivity contribution in [3.8, 4) is 0 Å². The van der Waals surface area contributed by atoms with Gasteiger partial charge in [-0.25, -0.2) is 0 Å². The topological polar surface area (TPSA) is 89.8 Å². The standard InChI is InChI=1S/C16H29NO4/c1-12-2-6-15(11-18,7-3-12)17-10-16(21)8-4-13(5-9-16)14(19)20/h12-13,17-18,21H,2-11H2,1H3,(H,19,20). The quantitative estimate of drug-likeness (QED) is 0.618. The number of hydrogen-bond donors (Lipinski definition) is 4. The van der Waals surface area contributed by atoms with E-state index in [0.717, 1.165) is 25.7 Å². The van der Waals surface area contributed by atoms with Gasteiger partial charge in [0.05, 0.1) is 18.1 Å². The van der Waals surface area contributed by atoms with E-state index in [9.17, 15) is 15.0 Å². The van der Waals surface area contributed by atoms with Crippen LogP contribution < -0.4 is 5.32 Å². The molecule has 0 spiro atoms. The van der Waals surface area contributed by atoms with Crippen molar-refractivity contribution in [2.75, 3.05) is 13.2 Å². The van der Waals surface area contributed by atoms with Crippen molar-refractivity contribution in [3.63, 3.8) is 0 Å². The molecule has 5 nitrogen and oxygen atoms in total. The van der Waals surface area contributed by atoms with Gasteiger partial charge in [-0.1, -0.05) is 6.92 Å². The number of carboxylic acid groups (broad SMARTS) is 1. The monoisotopic (exact) mass is 299 g/mol. The van der Waals surface area contributed by atoms with Gasteiger partial charge in [0.1, 0.15) is 0 Å². The van der Waals surface area contributed by atoms with Crippen molar-refractivity contribution in [2.45, 2.75) is 69.4 Å². The highest BCUT2D eigenvalue weighted by Crippen LogP contribution is 2.35. The third-order valence-electron chi connectivity index (χ3n) is 5.59.